The molecule has 1 fully saturated rings. The van der Waals surface area contributed by atoms with Crippen LogP contribution in [0.25, 0.3) is 0 Å². The van der Waals surface area contributed by atoms with E-state index in [1.807, 2.05) is 13.0 Å². The second-order valence-electron chi connectivity index (χ2n) is 6.84. The average molecular weight is 347 g/mol. The summed E-state index contributed by atoms with van der Waals surface area (Å²) in [6, 6.07) is 10.3. The zero-order valence-corrected chi connectivity index (χ0v) is 15.1. The molecule has 1 heterocycles. The lowest BCUT2D eigenvalue weighted by Crippen LogP contribution is -2.50. The molecule has 6 nitrogen and oxygen atoms in total. The van der Waals surface area contributed by atoms with Gasteiger partial charge in [0.1, 0.15) is 0 Å². The molecule has 1 aliphatic rings. The van der Waals surface area contributed by atoms with Crippen LogP contribution in [0.1, 0.15) is 31.7 Å². The molecule has 138 valence electrons. The van der Waals surface area contributed by atoms with E-state index < -0.39 is 5.97 Å². The third kappa shape index (κ3) is 6.48. The maximum atomic E-state index is 12.4. The van der Waals surface area contributed by atoms with Gasteiger partial charge in [-0.25, -0.2) is 0 Å². The number of rotatable bonds is 8. The van der Waals surface area contributed by atoms with Gasteiger partial charge in [-0.05, 0) is 32.4 Å². The van der Waals surface area contributed by atoms with E-state index in [0.29, 0.717) is 6.54 Å². The van der Waals surface area contributed by atoms with E-state index in [1.54, 1.807) is 11.9 Å². The van der Waals surface area contributed by atoms with Gasteiger partial charge in [0, 0.05) is 32.2 Å². The van der Waals surface area contributed by atoms with Crippen LogP contribution in [0.4, 0.5) is 0 Å². The predicted octanol–water partition coefficient (Wildman–Crippen LogP) is 1.56. The highest BCUT2D eigenvalue weighted by molar-refractivity contribution is 5.81. The Bertz CT molecular complexity index is 556. The summed E-state index contributed by atoms with van der Waals surface area (Å²) in [4.78, 5) is 27.2. The van der Waals surface area contributed by atoms with Crippen LogP contribution in [0, 0.1) is 0 Å². The van der Waals surface area contributed by atoms with Gasteiger partial charge in [0.25, 0.3) is 0 Å². The molecule has 0 aliphatic carbocycles. The zero-order valence-electron chi connectivity index (χ0n) is 15.1. The van der Waals surface area contributed by atoms with Gasteiger partial charge in [-0.2, -0.15) is 0 Å². The van der Waals surface area contributed by atoms with Gasteiger partial charge in [0.05, 0.1) is 12.5 Å². The van der Waals surface area contributed by atoms with Crippen LogP contribution in [0.2, 0.25) is 0 Å². The standard InChI is InChI=1S/C19H29N3O3/c1-15(21(2)11-10-18(23)24)19(25)20-17-8-12-22(13-9-17)14-16-6-4-3-5-7-16/h3-7,15,17H,8-14H2,1-2H3,(H,20,25)(H,23,24). The van der Waals surface area contributed by atoms with E-state index in [9.17, 15) is 9.59 Å². The number of carboxylic acid groups (broad SMARTS) is 1. The Morgan fingerprint density at radius 1 is 1.28 bits per heavy atom. The first-order valence-corrected chi connectivity index (χ1v) is 8.94. The van der Waals surface area contributed by atoms with Crippen molar-refractivity contribution in [2.45, 2.75) is 44.8 Å². The zero-order chi connectivity index (χ0) is 18.2. The number of likely N-dealkylation sites (N-methyl/N-ethyl adjacent to an activating group) is 1. The van der Waals surface area contributed by atoms with Crippen molar-refractivity contribution in [3.63, 3.8) is 0 Å². The van der Waals surface area contributed by atoms with Crippen molar-refractivity contribution in [1.82, 2.24) is 15.1 Å². The van der Waals surface area contributed by atoms with Crippen LogP contribution >= 0.6 is 0 Å². The molecule has 1 atom stereocenters. The Morgan fingerprint density at radius 2 is 1.92 bits per heavy atom. The number of nitrogens with zero attached hydrogens (tertiary/aromatic N) is 2. The molecule has 0 radical (unpaired) electrons. The normalized spacial score (nSPS) is 17.4. The maximum absolute atomic E-state index is 12.4. The predicted molar refractivity (Wildman–Crippen MR) is 97.2 cm³/mol. The van der Waals surface area contributed by atoms with Crippen LogP contribution < -0.4 is 5.32 Å². The summed E-state index contributed by atoms with van der Waals surface area (Å²) >= 11 is 0. The van der Waals surface area contributed by atoms with Gasteiger partial charge in [0.15, 0.2) is 0 Å². The third-order valence-corrected chi connectivity index (χ3v) is 4.90. The van der Waals surface area contributed by atoms with E-state index in [4.69, 9.17) is 5.11 Å². The summed E-state index contributed by atoms with van der Waals surface area (Å²) in [5.41, 5.74) is 1.32. The van der Waals surface area contributed by atoms with Crippen molar-refractivity contribution in [3.8, 4) is 0 Å². The van der Waals surface area contributed by atoms with Crippen LogP contribution in [0.3, 0.4) is 0 Å². The van der Waals surface area contributed by atoms with E-state index in [-0.39, 0.29) is 24.4 Å². The fraction of sp³-hybridized carbons (Fsp3) is 0.579. The largest absolute Gasteiger partial charge is 0.481 e. The Balaban J connectivity index is 1.71. The SMILES string of the molecule is CC(C(=O)NC1CCN(Cc2ccccc2)CC1)N(C)CCC(=O)O. The minimum absolute atomic E-state index is 0.0191. The number of hydrogen-bond acceptors (Lipinski definition) is 4. The molecule has 1 amide bonds. The first-order chi connectivity index (χ1) is 12.0. The van der Waals surface area contributed by atoms with Crippen LogP contribution in [-0.2, 0) is 16.1 Å². The molecule has 1 aromatic carbocycles. The molecule has 1 aromatic rings. The Hall–Kier alpha value is -1.92. The number of amides is 1. The van der Waals surface area contributed by atoms with Crippen molar-refractivity contribution in [2.24, 2.45) is 0 Å². The molecule has 1 saturated heterocycles. The van der Waals surface area contributed by atoms with Crippen molar-refractivity contribution in [1.29, 1.82) is 0 Å². The quantitative estimate of drug-likeness (QED) is 0.747. The topological polar surface area (TPSA) is 72.9 Å². The first-order valence-electron chi connectivity index (χ1n) is 8.94. The minimum atomic E-state index is -0.842. The van der Waals surface area contributed by atoms with E-state index in [2.05, 4.69) is 34.5 Å². The maximum Gasteiger partial charge on any atom is 0.304 e. The van der Waals surface area contributed by atoms with Crippen molar-refractivity contribution >= 4 is 11.9 Å². The van der Waals surface area contributed by atoms with Gasteiger partial charge < -0.3 is 10.4 Å². The Morgan fingerprint density at radius 3 is 2.52 bits per heavy atom. The molecule has 6 heteroatoms. The van der Waals surface area contributed by atoms with Crippen LogP contribution in [-0.4, -0.2) is 65.5 Å². The second-order valence-corrected chi connectivity index (χ2v) is 6.84. The molecule has 0 spiro atoms. The summed E-state index contributed by atoms with van der Waals surface area (Å²) in [5.74, 6) is -0.861. The Kier molecular flexibility index (Phi) is 7.40. The molecule has 0 saturated carbocycles. The smallest absolute Gasteiger partial charge is 0.304 e. The highest BCUT2D eigenvalue weighted by Crippen LogP contribution is 2.14. The lowest BCUT2D eigenvalue weighted by atomic mass is 10.0. The highest BCUT2D eigenvalue weighted by atomic mass is 16.4. The number of carboxylic acids is 1. The first kappa shape index (κ1) is 19.4. The summed E-state index contributed by atoms with van der Waals surface area (Å²) in [6.07, 6.45) is 1.94. The number of likely N-dealkylation sites (tertiary alicyclic amines) is 1. The van der Waals surface area contributed by atoms with Crippen molar-refractivity contribution in [2.75, 3.05) is 26.7 Å². The number of carbonyl (C=O) groups excluding carboxylic acids is 1. The molecule has 1 aliphatic heterocycles. The number of piperidine rings is 1. The fourth-order valence-corrected chi connectivity index (χ4v) is 3.06. The second kappa shape index (κ2) is 9.53. The number of aliphatic carboxylic acids is 1. The summed E-state index contributed by atoms with van der Waals surface area (Å²) in [7, 11) is 1.79. The van der Waals surface area contributed by atoms with Gasteiger partial charge in [-0.3, -0.25) is 19.4 Å². The van der Waals surface area contributed by atoms with Gasteiger partial charge in [-0.1, -0.05) is 30.3 Å². The molecular weight excluding hydrogens is 318 g/mol. The van der Waals surface area contributed by atoms with Crippen molar-refractivity contribution in [3.05, 3.63) is 35.9 Å². The van der Waals surface area contributed by atoms with E-state index in [1.165, 1.54) is 5.56 Å². The average Bonchev–Trinajstić information content (AvgIpc) is 2.61. The van der Waals surface area contributed by atoms with Crippen LogP contribution in [0.15, 0.2) is 30.3 Å². The molecule has 25 heavy (non-hydrogen) atoms. The fourth-order valence-electron chi connectivity index (χ4n) is 3.06. The summed E-state index contributed by atoms with van der Waals surface area (Å²) in [6.45, 7) is 5.10. The summed E-state index contributed by atoms with van der Waals surface area (Å²) in [5, 5.41) is 11.9. The molecule has 0 bridgehead atoms. The Labute approximate surface area is 149 Å². The molecular formula is C19H29N3O3. The summed E-state index contributed by atoms with van der Waals surface area (Å²) < 4.78 is 0. The molecule has 1 unspecified atom stereocenters. The lowest BCUT2D eigenvalue weighted by molar-refractivity contribution is -0.138. The van der Waals surface area contributed by atoms with E-state index in [0.717, 1.165) is 32.5 Å². The van der Waals surface area contributed by atoms with Crippen molar-refractivity contribution < 1.29 is 14.7 Å². The number of benzene rings is 1. The monoisotopic (exact) mass is 347 g/mol. The molecule has 0 aromatic heterocycles. The number of carbonyl (C=O) groups is 2. The van der Waals surface area contributed by atoms with Gasteiger partial charge >= 0.3 is 5.97 Å². The third-order valence-electron chi connectivity index (χ3n) is 4.90. The highest BCUT2D eigenvalue weighted by Gasteiger charge is 2.24. The minimum Gasteiger partial charge on any atom is -0.481 e. The van der Waals surface area contributed by atoms with Gasteiger partial charge in [-0.15, -0.1) is 0 Å². The lowest BCUT2D eigenvalue weighted by Gasteiger charge is -2.33. The number of nitrogens with one attached hydrogen (secondary N) is 1. The van der Waals surface area contributed by atoms with E-state index >= 15 is 0 Å². The molecule has 2 N–H and O–H groups in total. The van der Waals surface area contributed by atoms with Crippen LogP contribution in [0.5, 0.6) is 0 Å². The number of hydrogen-bond donors (Lipinski definition) is 2. The molecule has 2 rings (SSSR count). The van der Waals surface area contributed by atoms with Gasteiger partial charge in [0.2, 0.25) is 5.91 Å².